The molecule has 0 saturated carbocycles. The second-order valence-electron chi connectivity index (χ2n) is 4.90. The Balaban J connectivity index is 1.78. The monoisotopic (exact) mass is 405 g/mol. The van der Waals surface area contributed by atoms with Crippen LogP contribution in [0.15, 0.2) is 47.4 Å². The first kappa shape index (κ1) is 20.1. The van der Waals surface area contributed by atoms with Gasteiger partial charge in [-0.3, -0.25) is 4.79 Å². The van der Waals surface area contributed by atoms with Crippen molar-refractivity contribution in [2.75, 3.05) is 19.8 Å². The van der Waals surface area contributed by atoms with Crippen molar-refractivity contribution >= 4 is 27.6 Å². The molecule has 2 aromatic carbocycles. The summed E-state index contributed by atoms with van der Waals surface area (Å²) in [5.41, 5.74) is 0. The summed E-state index contributed by atoms with van der Waals surface area (Å²) in [6.07, 6.45) is 0. The highest BCUT2D eigenvalue weighted by Crippen LogP contribution is 2.18. The highest BCUT2D eigenvalue weighted by atomic mass is 35.5. The van der Waals surface area contributed by atoms with E-state index in [1.54, 1.807) is 29.0 Å². The maximum atomic E-state index is 13.5. The van der Waals surface area contributed by atoms with Crippen LogP contribution in [-0.4, -0.2) is 34.1 Å². The molecule has 0 aliphatic carbocycles. The van der Waals surface area contributed by atoms with Gasteiger partial charge in [-0.1, -0.05) is 17.7 Å². The molecule has 0 amide bonds. The van der Waals surface area contributed by atoms with E-state index in [1.807, 2.05) is 0 Å². The molecule has 26 heavy (non-hydrogen) atoms. The van der Waals surface area contributed by atoms with Gasteiger partial charge in [0.1, 0.15) is 37.1 Å². The lowest BCUT2D eigenvalue weighted by Crippen LogP contribution is -2.32. The minimum absolute atomic E-state index is 0.0298. The Morgan fingerprint density at radius 1 is 1.04 bits per heavy atom. The zero-order chi connectivity index (χ0) is 19.2. The molecule has 0 aliphatic heterocycles. The first-order valence-corrected chi connectivity index (χ1v) is 9.13. The van der Waals surface area contributed by atoms with Gasteiger partial charge in [-0.25, -0.2) is 17.2 Å². The minimum atomic E-state index is -4.54. The number of benzene rings is 2. The normalized spacial score (nSPS) is 11.2. The van der Waals surface area contributed by atoms with Gasteiger partial charge in [0, 0.05) is 5.02 Å². The van der Waals surface area contributed by atoms with Crippen molar-refractivity contribution < 1.29 is 31.5 Å². The summed E-state index contributed by atoms with van der Waals surface area (Å²) in [5.74, 6) is -2.93. The molecule has 2 aromatic rings. The van der Waals surface area contributed by atoms with E-state index >= 15 is 0 Å². The van der Waals surface area contributed by atoms with Crippen molar-refractivity contribution in [3.05, 3.63) is 59.1 Å². The first-order valence-electron chi connectivity index (χ1n) is 7.27. The van der Waals surface area contributed by atoms with Crippen LogP contribution < -0.4 is 9.46 Å². The molecular weight excluding hydrogens is 392 g/mol. The van der Waals surface area contributed by atoms with Crippen LogP contribution in [0, 0.1) is 11.6 Å². The average molecular weight is 406 g/mol. The van der Waals surface area contributed by atoms with Gasteiger partial charge in [0.15, 0.2) is 4.90 Å². The molecule has 0 saturated heterocycles. The largest absolute Gasteiger partial charge is 0.490 e. The van der Waals surface area contributed by atoms with Crippen LogP contribution in [0.1, 0.15) is 0 Å². The Bertz CT molecular complexity index is 854. The molecule has 10 heteroatoms. The van der Waals surface area contributed by atoms with Gasteiger partial charge in [-0.2, -0.15) is 4.72 Å². The van der Waals surface area contributed by atoms with E-state index in [9.17, 15) is 22.0 Å². The van der Waals surface area contributed by atoms with Crippen LogP contribution >= 0.6 is 11.6 Å². The predicted octanol–water partition coefficient (Wildman–Crippen LogP) is 2.52. The molecule has 1 N–H and O–H groups in total. The molecule has 0 bridgehead atoms. The molecule has 140 valence electrons. The summed E-state index contributed by atoms with van der Waals surface area (Å²) in [5, 5.41) is 0.544. The molecule has 0 unspecified atom stereocenters. The second kappa shape index (κ2) is 8.93. The Hall–Kier alpha value is -2.23. The minimum Gasteiger partial charge on any atom is -0.490 e. The number of carbonyl (C=O) groups excluding carboxylic acids is 1. The molecule has 0 fully saturated rings. The maximum absolute atomic E-state index is 13.5. The highest BCUT2D eigenvalue weighted by Gasteiger charge is 2.24. The van der Waals surface area contributed by atoms with E-state index < -0.39 is 39.1 Å². The third-order valence-corrected chi connectivity index (χ3v) is 4.73. The molecule has 0 aliphatic rings. The summed E-state index contributed by atoms with van der Waals surface area (Å²) in [7, 11) is -4.54. The number of hydrogen-bond acceptors (Lipinski definition) is 5. The number of nitrogens with one attached hydrogen (secondary N) is 1. The third-order valence-electron chi connectivity index (χ3n) is 3.02. The number of sulfonamides is 1. The molecule has 0 atom stereocenters. The Kier molecular flexibility index (Phi) is 6.90. The smallest absolute Gasteiger partial charge is 0.321 e. The molecule has 2 rings (SSSR count). The molecule has 0 aromatic heterocycles. The molecule has 6 nitrogen and oxygen atoms in total. The van der Waals surface area contributed by atoms with Crippen LogP contribution in [0.2, 0.25) is 5.02 Å². The van der Waals surface area contributed by atoms with E-state index in [1.165, 1.54) is 0 Å². The number of ether oxygens (including phenoxy) is 2. The Morgan fingerprint density at radius 2 is 1.65 bits per heavy atom. The molecular formula is C16H14ClF2NO5S. The van der Waals surface area contributed by atoms with Gasteiger partial charge < -0.3 is 9.47 Å². The van der Waals surface area contributed by atoms with Gasteiger partial charge in [-0.15, -0.1) is 0 Å². The van der Waals surface area contributed by atoms with E-state index in [-0.39, 0.29) is 13.2 Å². The number of hydrogen-bond donors (Lipinski definition) is 1. The summed E-state index contributed by atoms with van der Waals surface area (Å²) in [6, 6.07) is 9.12. The fourth-order valence-corrected chi connectivity index (χ4v) is 3.09. The average Bonchev–Trinajstić information content (AvgIpc) is 2.58. The number of halogens is 3. The zero-order valence-electron chi connectivity index (χ0n) is 13.2. The van der Waals surface area contributed by atoms with Gasteiger partial charge in [0.05, 0.1) is 0 Å². The van der Waals surface area contributed by atoms with Crippen molar-refractivity contribution in [3.63, 3.8) is 0 Å². The van der Waals surface area contributed by atoms with Crippen molar-refractivity contribution in [1.29, 1.82) is 0 Å². The van der Waals surface area contributed by atoms with Gasteiger partial charge in [0.25, 0.3) is 0 Å². The lowest BCUT2D eigenvalue weighted by atomic mass is 10.3. The summed E-state index contributed by atoms with van der Waals surface area (Å²) >= 11 is 5.72. The number of rotatable bonds is 8. The standard InChI is InChI=1S/C16H14ClF2NO5S/c17-11-4-6-12(7-5-11)24-8-9-25-15(21)10-20-26(22,23)16-13(18)2-1-3-14(16)19/h1-7,20H,8-10H2. The molecule has 0 heterocycles. The van der Waals surface area contributed by atoms with Crippen molar-refractivity contribution in [1.82, 2.24) is 4.72 Å². The maximum Gasteiger partial charge on any atom is 0.321 e. The van der Waals surface area contributed by atoms with E-state index in [0.29, 0.717) is 10.8 Å². The van der Waals surface area contributed by atoms with Crippen molar-refractivity contribution in [3.8, 4) is 5.75 Å². The van der Waals surface area contributed by atoms with Crippen molar-refractivity contribution in [2.45, 2.75) is 4.90 Å². The van der Waals surface area contributed by atoms with Crippen LogP contribution in [0.4, 0.5) is 8.78 Å². The van der Waals surface area contributed by atoms with Gasteiger partial charge >= 0.3 is 5.97 Å². The van der Waals surface area contributed by atoms with Gasteiger partial charge in [0.2, 0.25) is 10.0 Å². The number of carbonyl (C=O) groups is 1. The van der Waals surface area contributed by atoms with Crippen LogP contribution in [0.5, 0.6) is 5.75 Å². The predicted molar refractivity (Wildman–Crippen MR) is 89.5 cm³/mol. The first-order chi connectivity index (χ1) is 12.3. The Labute approximate surface area is 153 Å². The van der Waals surface area contributed by atoms with Gasteiger partial charge in [-0.05, 0) is 36.4 Å². The SMILES string of the molecule is O=C(CNS(=O)(=O)c1c(F)cccc1F)OCCOc1ccc(Cl)cc1. The quantitative estimate of drug-likeness (QED) is 0.539. The summed E-state index contributed by atoms with van der Waals surface area (Å²) in [4.78, 5) is 10.4. The van der Waals surface area contributed by atoms with Crippen LogP contribution in [0.25, 0.3) is 0 Å². The van der Waals surface area contributed by atoms with Crippen LogP contribution in [-0.2, 0) is 19.6 Å². The topological polar surface area (TPSA) is 81.7 Å². The summed E-state index contributed by atoms with van der Waals surface area (Å²) in [6.45, 7) is -0.892. The molecule has 0 spiro atoms. The van der Waals surface area contributed by atoms with E-state index in [4.69, 9.17) is 21.1 Å². The Morgan fingerprint density at radius 3 is 2.27 bits per heavy atom. The summed E-state index contributed by atoms with van der Waals surface area (Å²) < 4.78 is 62.6. The van der Waals surface area contributed by atoms with E-state index in [0.717, 1.165) is 18.2 Å². The fourth-order valence-electron chi connectivity index (χ4n) is 1.86. The molecule has 0 radical (unpaired) electrons. The lowest BCUT2D eigenvalue weighted by Gasteiger charge is -2.09. The van der Waals surface area contributed by atoms with Crippen molar-refractivity contribution in [2.24, 2.45) is 0 Å². The highest BCUT2D eigenvalue weighted by molar-refractivity contribution is 7.89. The van der Waals surface area contributed by atoms with E-state index in [2.05, 4.69) is 0 Å². The zero-order valence-corrected chi connectivity index (χ0v) is 14.8. The fraction of sp³-hybridized carbons (Fsp3) is 0.188. The second-order valence-corrected chi connectivity index (χ2v) is 7.04. The van der Waals surface area contributed by atoms with Crippen LogP contribution in [0.3, 0.4) is 0 Å². The third kappa shape index (κ3) is 5.65. The lowest BCUT2D eigenvalue weighted by molar-refractivity contribution is -0.142. The number of esters is 1.